The fourth-order valence-corrected chi connectivity index (χ4v) is 2.06. The molecular formula is C15H12F3NO3. The van der Waals surface area contributed by atoms with E-state index in [1.54, 1.807) is 30.3 Å². The van der Waals surface area contributed by atoms with Crippen LogP contribution in [0.1, 0.15) is 0 Å². The van der Waals surface area contributed by atoms with Crippen LogP contribution in [0.3, 0.4) is 0 Å². The summed E-state index contributed by atoms with van der Waals surface area (Å²) in [7, 11) is 1.04. The standard InChI is InChI=1S/C15H12F3NO3/c1-22-13(20)9-19(14(21)15(16,17)18)12-8-4-6-10-5-2-3-7-11(10)12/h2-8H,9H2,1H3. The molecule has 0 fully saturated rings. The van der Waals surface area contributed by atoms with Crippen molar-refractivity contribution in [2.24, 2.45) is 0 Å². The van der Waals surface area contributed by atoms with E-state index in [1.165, 1.54) is 12.1 Å². The number of carbonyl (C=O) groups excluding carboxylic acids is 2. The third-order valence-corrected chi connectivity index (χ3v) is 3.06. The number of amides is 1. The summed E-state index contributed by atoms with van der Waals surface area (Å²) in [5.41, 5.74) is 0.00539. The summed E-state index contributed by atoms with van der Waals surface area (Å²) in [5, 5.41) is 1.09. The van der Waals surface area contributed by atoms with E-state index in [-0.39, 0.29) is 5.69 Å². The van der Waals surface area contributed by atoms with Crippen LogP contribution in [0.4, 0.5) is 18.9 Å². The summed E-state index contributed by atoms with van der Waals surface area (Å²) in [6, 6.07) is 11.2. The average molecular weight is 311 g/mol. The fourth-order valence-electron chi connectivity index (χ4n) is 2.06. The van der Waals surface area contributed by atoms with E-state index in [0.29, 0.717) is 15.7 Å². The molecule has 1 amide bonds. The van der Waals surface area contributed by atoms with Crippen LogP contribution in [-0.2, 0) is 14.3 Å². The number of esters is 1. The van der Waals surface area contributed by atoms with Gasteiger partial charge in [0.2, 0.25) is 0 Å². The van der Waals surface area contributed by atoms with E-state index < -0.39 is 24.6 Å². The summed E-state index contributed by atoms with van der Waals surface area (Å²) < 4.78 is 42.8. The Morgan fingerprint density at radius 1 is 1.09 bits per heavy atom. The molecule has 0 spiro atoms. The molecule has 0 N–H and O–H groups in total. The highest BCUT2D eigenvalue weighted by atomic mass is 19.4. The fraction of sp³-hybridized carbons (Fsp3) is 0.200. The Labute approximate surface area is 124 Å². The number of halogens is 3. The first-order valence-corrected chi connectivity index (χ1v) is 6.28. The lowest BCUT2D eigenvalue weighted by atomic mass is 10.1. The van der Waals surface area contributed by atoms with Crippen LogP contribution in [0.15, 0.2) is 42.5 Å². The van der Waals surface area contributed by atoms with Gasteiger partial charge in [-0.3, -0.25) is 14.5 Å². The minimum absolute atomic E-state index is 0.00539. The average Bonchev–Trinajstić information content (AvgIpc) is 2.50. The maximum absolute atomic E-state index is 12.8. The molecule has 4 nitrogen and oxygen atoms in total. The van der Waals surface area contributed by atoms with E-state index in [0.717, 1.165) is 7.11 Å². The Morgan fingerprint density at radius 3 is 2.36 bits per heavy atom. The lowest BCUT2D eigenvalue weighted by Gasteiger charge is -2.24. The second-order valence-electron chi connectivity index (χ2n) is 4.46. The molecule has 0 aromatic heterocycles. The SMILES string of the molecule is COC(=O)CN(C(=O)C(F)(F)F)c1cccc2ccccc12. The van der Waals surface area contributed by atoms with Crippen LogP contribution in [0, 0.1) is 0 Å². The number of rotatable bonds is 3. The molecule has 2 rings (SSSR count). The zero-order valence-corrected chi connectivity index (χ0v) is 11.6. The van der Waals surface area contributed by atoms with Gasteiger partial charge in [-0.25, -0.2) is 0 Å². The Hall–Kier alpha value is -2.57. The molecule has 0 heterocycles. The van der Waals surface area contributed by atoms with Gasteiger partial charge in [-0.1, -0.05) is 36.4 Å². The molecule has 0 bridgehead atoms. The number of anilines is 1. The maximum Gasteiger partial charge on any atom is 0.471 e. The van der Waals surface area contributed by atoms with E-state index in [4.69, 9.17) is 0 Å². The third-order valence-electron chi connectivity index (χ3n) is 3.06. The van der Waals surface area contributed by atoms with Crippen molar-refractivity contribution in [1.29, 1.82) is 0 Å². The highest BCUT2D eigenvalue weighted by Gasteiger charge is 2.44. The van der Waals surface area contributed by atoms with Gasteiger partial charge < -0.3 is 4.74 Å². The lowest BCUT2D eigenvalue weighted by molar-refractivity contribution is -0.171. The number of fused-ring (bicyclic) bond motifs is 1. The maximum atomic E-state index is 12.8. The second-order valence-corrected chi connectivity index (χ2v) is 4.46. The number of alkyl halides is 3. The van der Waals surface area contributed by atoms with Gasteiger partial charge in [-0.2, -0.15) is 13.2 Å². The molecule has 0 saturated carbocycles. The highest BCUT2D eigenvalue weighted by molar-refractivity contribution is 6.07. The molecule has 0 aliphatic carbocycles. The number of nitrogens with zero attached hydrogens (tertiary/aromatic N) is 1. The summed E-state index contributed by atoms with van der Waals surface area (Å²) in [5.74, 6) is -3.06. The molecular weight excluding hydrogens is 299 g/mol. The van der Waals surface area contributed by atoms with Crippen molar-refractivity contribution in [2.45, 2.75) is 6.18 Å². The van der Waals surface area contributed by atoms with Crippen LogP contribution in [0.2, 0.25) is 0 Å². The summed E-state index contributed by atoms with van der Waals surface area (Å²) in [4.78, 5) is 23.4. The Morgan fingerprint density at radius 2 is 1.73 bits per heavy atom. The van der Waals surface area contributed by atoms with Gasteiger partial charge in [0.15, 0.2) is 0 Å². The van der Waals surface area contributed by atoms with Gasteiger partial charge in [0.05, 0.1) is 12.8 Å². The topological polar surface area (TPSA) is 46.6 Å². The van der Waals surface area contributed by atoms with Gasteiger partial charge >= 0.3 is 18.1 Å². The van der Waals surface area contributed by atoms with Crippen LogP contribution in [-0.4, -0.2) is 31.7 Å². The third kappa shape index (κ3) is 3.19. The van der Waals surface area contributed by atoms with Crippen LogP contribution < -0.4 is 4.90 Å². The van der Waals surface area contributed by atoms with E-state index in [2.05, 4.69) is 4.74 Å². The van der Waals surface area contributed by atoms with Gasteiger partial charge in [0.25, 0.3) is 0 Å². The van der Waals surface area contributed by atoms with Crippen LogP contribution >= 0.6 is 0 Å². The van der Waals surface area contributed by atoms with Crippen molar-refractivity contribution in [1.82, 2.24) is 0 Å². The number of carbonyl (C=O) groups is 2. The van der Waals surface area contributed by atoms with Crippen LogP contribution in [0.5, 0.6) is 0 Å². The predicted molar refractivity (Wildman–Crippen MR) is 74.4 cm³/mol. The first-order chi connectivity index (χ1) is 10.3. The van der Waals surface area contributed by atoms with Gasteiger partial charge in [0, 0.05) is 5.39 Å². The number of benzene rings is 2. The van der Waals surface area contributed by atoms with Gasteiger partial charge in [0.1, 0.15) is 6.54 Å². The summed E-state index contributed by atoms with van der Waals surface area (Å²) in [6.45, 7) is -0.817. The number of hydrogen-bond acceptors (Lipinski definition) is 3. The highest BCUT2D eigenvalue weighted by Crippen LogP contribution is 2.30. The van der Waals surface area contributed by atoms with Gasteiger partial charge in [-0.15, -0.1) is 0 Å². The van der Waals surface area contributed by atoms with E-state index >= 15 is 0 Å². The quantitative estimate of drug-likeness (QED) is 0.819. The molecule has 2 aromatic rings. The van der Waals surface area contributed by atoms with Gasteiger partial charge in [-0.05, 0) is 11.5 Å². The minimum Gasteiger partial charge on any atom is -0.468 e. The van der Waals surface area contributed by atoms with E-state index in [9.17, 15) is 22.8 Å². The first-order valence-electron chi connectivity index (χ1n) is 6.28. The van der Waals surface area contributed by atoms with Crippen molar-refractivity contribution >= 4 is 28.3 Å². The molecule has 7 heteroatoms. The van der Waals surface area contributed by atoms with Crippen LogP contribution in [0.25, 0.3) is 10.8 Å². The van der Waals surface area contributed by atoms with Crippen molar-refractivity contribution < 1.29 is 27.5 Å². The summed E-state index contributed by atoms with van der Waals surface area (Å²) >= 11 is 0. The predicted octanol–water partition coefficient (Wildman–Crippen LogP) is 2.91. The Balaban J connectivity index is 2.56. The molecule has 0 atom stereocenters. The zero-order chi connectivity index (χ0) is 16.3. The number of hydrogen-bond donors (Lipinski definition) is 0. The lowest BCUT2D eigenvalue weighted by Crippen LogP contribution is -2.44. The van der Waals surface area contributed by atoms with Crippen molar-refractivity contribution in [3.05, 3.63) is 42.5 Å². The molecule has 0 aliphatic rings. The van der Waals surface area contributed by atoms with Crippen molar-refractivity contribution in [2.75, 3.05) is 18.6 Å². The molecule has 0 unspecified atom stereocenters. The normalized spacial score (nSPS) is 11.3. The Bertz CT molecular complexity index is 707. The molecule has 0 radical (unpaired) electrons. The molecule has 22 heavy (non-hydrogen) atoms. The van der Waals surface area contributed by atoms with Crippen molar-refractivity contribution in [3.8, 4) is 0 Å². The first kappa shape index (κ1) is 15.8. The van der Waals surface area contributed by atoms with Crippen molar-refractivity contribution in [3.63, 3.8) is 0 Å². The molecule has 2 aromatic carbocycles. The minimum atomic E-state index is -5.09. The molecule has 0 aliphatic heterocycles. The monoisotopic (exact) mass is 311 g/mol. The molecule has 116 valence electrons. The number of methoxy groups -OCH3 is 1. The largest absolute Gasteiger partial charge is 0.471 e. The zero-order valence-electron chi connectivity index (χ0n) is 11.6. The number of ether oxygens (including phenoxy) is 1. The molecule has 0 saturated heterocycles. The van der Waals surface area contributed by atoms with E-state index in [1.807, 2.05) is 0 Å². The Kier molecular flexibility index (Phi) is 4.35. The summed E-state index contributed by atoms with van der Waals surface area (Å²) in [6.07, 6.45) is -5.09. The smallest absolute Gasteiger partial charge is 0.468 e. The second kappa shape index (κ2) is 6.05.